The van der Waals surface area contributed by atoms with Crippen LogP contribution < -0.4 is 0 Å². The summed E-state index contributed by atoms with van der Waals surface area (Å²) in [5.41, 5.74) is 4.70. The van der Waals surface area contributed by atoms with Gasteiger partial charge in [-0.1, -0.05) is 25.1 Å². The molecule has 1 aromatic rings. The summed E-state index contributed by atoms with van der Waals surface area (Å²) in [5.74, 6) is 3.06. The summed E-state index contributed by atoms with van der Waals surface area (Å²) in [6.45, 7) is 2.36. The second-order valence-electron chi connectivity index (χ2n) is 8.94. The van der Waals surface area contributed by atoms with Crippen molar-refractivity contribution in [2.45, 2.75) is 70.6 Å². The van der Waals surface area contributed by atoms with Gasteiger partial charge >= 0.3 is 0 Å². The van der Waals surface area contributed by atoms with Gasteiger partial charge in [0.05, 0.1) is 0 Å². The summed E-state index contributed by atoms with van der Waals surface area (Å²) in [5, 5.41) is 0. The monoisotopic (exact) mass is 344 g/mol. The van der Waals surface area contributed by atoms with E-state index in [9.17, 15) is 8.78 Å². The summed E-state index contributed by atoms with van der Waals surface area (Å²) in [4.78, 5) is 0. The van der Waals surface area contributed by atoms with E-state index in [0.29, 0.717) is 11.8 Å². The molecule has 0 amide bonds. The van der Waals surface area contributed by atoms with Gasteiger partial charge in [0.1, 0.15) is 0 Å². The van der Waals surface area contributed by atoms with Gasteiger partial charge in [-0.2, -0.15) is 8.78 Å². The first-order valence-corrected chi connectivity index (χ1v) is 10.2. The molecular formula is C23H30F2. The molecular weight excluding hydrogens is 314 g/mol. The third kappa shape index (κ3) is 3.83. The van der Waals surface area contributed by atoms with Gasteiger partial charge in [-0.05, 0) is 110 Å². The second-order valence-corrected chi connectivity index (χ2v) is 8.94. The van der Waals surface area contributed by atoms with Crippen molar-refractivity contribution in [2.24, 2.45) is 23.7 Å². The second kappa shape index (κ2) is 7.21. The molecule has 25 heavy (non-hydrogen) atoms. The van der Waals surface area contributed by atoms with Crippen LogP contribution >= 0.6 is 0 Å². The molecule has 2 fully saturated rings. The van der Waals surface area contributed by atoms with Crippen LogP contribution in [0.15, 0.2) is 30.4 Å². The van der Waals surface area contributed by atoms with E-state index in [1.165, 1.54) is 44.6 Å². The van der Waals surface area contributed by atoms with Crippen LogP contribution in [-0.2, 0) is 12.8 Å². The van der Waals surface area contributed by atoms with Crippen LogP contribution in [-0.4, -0.2) is 0 Å². The van der Waals surface area contributed by atoms with Crippen molar-refractivity contribution in [3.8, 4) is 0 Å². The highest BCUT2D eigenvalue weighted by Crippen LogP contribution is 2.48. The molecule has 3 aliphatic carbocycles. The molecule has 1 aromatic carbocycles. The van der Waals surface area contributed by atoms with E-state index in [0.717, 1.165) is 31.1 Å². The number of benzene rings is 1. The van der Waals surface area contributed by atoms with Gasteiger partial charge in [-0.3, -0.25) is 0 Å². The van der Waals surface area contributed by atoms with Gasteiger partial charge < -0.3 is 0 Å². The maximum absolute atomic E-state index is 12.6. The minimum absolute atomic E-state index is 0.119. The Balaban J connectivity index is 1.42. The summed E-state index contributed by atoms with van der Waals surface area (Å²) in [6.07, 6.45) is 10.3. The maximum atomic E-state index is 12.6. The molecule has 4 rings (SSSR count). The van der Waals surface area contributed by atoms with Gasteiger partial charge in [0.25, 0.3) is 6.08 Å². The molecule has 0 radical (unpaired) electrons. The quantitative estimate of drug-likeness (QED) is 0.548. The van der Waals surface area contributed by atoms with Crippen molar-refractivity contribution in [2.75, 3.05) is 0 Å². The van der Waals surface area contributed by atoms with Gasteiger partial charge in [-0.25, -0.2) is 0 Å². The van der Waals surface area contributed by atoms with E-state index in [-0.39, 0.29) is 5.92 Å². The summed E-state index contributed by atoms with van der Waals surface area (Å²) >= 11 is 0. The average molecular weight is 344 g/mol. The lowest BCUT2D eigenvalue weighted by molar-refractivity contribution is 0.132. The molecule has 0 aromatic heterocycles. The average Bonchev–Trinajstić information content (AvgIpc) is 2.60. The maximum Gasteiger partial charge on any atom is 0.266 e. The Kier molecular flexibility index (Phi) is 4.97. The van der Waals surface area contributed by atoms with E-state index in [4.69, 9.17) is 0 Å². The minimum atomic E-state index is -1.49. The highest BCUT2D eigenvalue weighted by Gasteiger charge is 2.35. The van der Waals surface area contributed by atoms with Crippen LogP contribution in [0.25, 0.3) is 0 Å². The molecule has 3 aliphatic rings. The number of aryl methyl sites for hydroxylation is 1. The van der Waals surface area contributed by atoms with Gasteiger partial charge in [0.15, 0.2) is 0 Å². The third-order valence-corrected chi connectivity index (χ3v) is 7.19. The summed E-state index contributed by atoms with van der Waals surface area (Å²) in [6, 6.07) is 7.27. The molecule has 5 atom stereocenters. The molecule has 5 unspecified atom stereocenters. The Morgan fingerprint density at radius 1 is 0.960 bits per heavy atom. The Morgan fingerprint density at radius 3 is 2.60 bits per heavy atom. The first kappa shape index (κ1) is 17.2. The Labute approximate surface area is 150 Å². The van der Waals surface area contributed by atoms with Crippen molar-refractivity contribution >= 4 is 0 Å². The fraction of sp³-hybridized carbons (Fsp3) is 0.652. The van der Waals surface area contributed by atoms with Crippen molar-refractivity contribution in [1.82, 2.24) is 0 Å². The molecule has 0 heterocycles. The zero-order chi connectivity index (χ0) is 17.4. The van der Waals surface area contributed by atoms with E-state index in [2.05, 4.69) is 25.1 Å². The minimum Gasteiger partial charge on any atom is -0.174 e. The van der Waals surface area contributed by atoms with Crippen LogP contribution in [0.4, 0.5) is 8.78 Å². The molecule has 0 spiro atoms. The van der Waals surface area contributed by atoms with Crippen LogP contribution in [0.1, 0.15) is 74.5 Å². The van der Waals surface area contributed by atoms with E-state index < -0.39 is 6.08 Å². The number of hydrogen-bond acceptors (Lipinski definition) is 0. The number of rotatable bonds is 2. The molecule has 2 heteroatoms. The topological polar surface area (TPSA) is 0 Å². The van der Waals surface area contributed by atoms with Crippen LogP contribution in [0.2, 0.25) is 0 Å². The van der Waals surface area contributed by atoms with Gasteiger partial charge in [-0.15, -0.1) is 0 Å². The summed E-state index contributed by atoms with van der Waals surface area (Å²) < 4.78 is 25.1. The highest BCUT2D eigenvalue weighted by molar-refractivity contribution is 5.36. The van der Waals surface area contributed by atoms with Crippen molar-refractivity contribution in [3.63, 3.8) is 0 Å². The van der Waals surface area contributed by atoms with Crippen LogP contribution in [0.3, 0.4) is 0 Å². The van der Waals surface area contributed by atoms with E-state index in [1.807, 2.05) is 0 Å². The molecule has 0 saturated heterocycles. The highest BCUT2D eigenvalue weighted by atomic mass is 19.3. The fourth-order valence-electron chi connectivity index (χ4n) is 5.77. The molecule has 0 N–H and O–H groups in total. The molecule has 0 nitrogen and oxygen atoms in total. The Bertz CT molecular complexity index is 643. The summed E-state index contributed by atoms with van der Waals surface area (Å²) in [7, 11) is 0. The van der Waals surface area contributed by atoms with Crippen molar-refractivity contribution in [3.05, 3.63) is 47.0 Å². The SMILES string of the molecule is CC1CCc2cc(C3CCC4CC(C=C(F)F)CCC4C3)ccc2C1. The largest absolute Gasteiger partial charge is 0.266 e. The lowest BCUT2D eigenvalue weighted by atomic mass is 9.63. The van der Waals surface area contributed by atoms with Gasteiger partial charge in [0.2, 0.25) is 0 Å². The predicted octanol–water partition coefficient (Wildman–Crippen LogP) is 6.89. The third-order valence-electron chi connectivity index (χ3n) is 7.19. The predicted molar refractivity (Wildman–Crippen MR) is 98.8 cm³/mol. The molecule has 136 valence electrons. The molecule has 0 bridgehead atoms. The standard InChI is InChI=1S/C23H30F2/c1-15-2-4-19-13-21(8-6-17(19)10-15)22-9-7-18-11-16(12-23(24)25)3-5-20(18)14-22/h6,8,12-13,15-16,18,20,22H,2-5,7,9-11,14H2,1H3. The first-order chi connectivity index (χ1) is 12.1. The van der Waals surface area contributed by atoms with E-state index >= 15 is 0 Å². The number of fused-ring (bicyclic) bond motifs is 2. The molecule has 2 saturated carbocycles. The van der Waals surface area contributed by atoms with Crippen molar-refractivity contribution < 1.29 is 8.78 Å². The zero-order valence-electron chi connectivity index (χ0n) is 15.3. The smallest absolute Gasteiger partial charge is 0.174 e. The molecule has 0 aliphatic heterocycles. The number of allylic oxidation sites excluding steroid dienone is 1. The Hall–Kier alpha value is -1.18. The first-order valence-electron chi connectivity index (χ1n) is 10.2. The number of halogens is 2. The lowest BCUT2D eigenvalue weighted by Gasteiger charge is -2.42. The normalized spacial score (nSPS) is 34.8. The van der Waals surface area contributed by atoms with Crippen LogP contribution in [0, 0.1) is 23.7 Å². The van der Waals surface area contributed by atoms with Gasteiger partial charge in [0, 0.05) is 0 Å². The van der Waals surface area contributed by atoms with Crippen molar-refractivity contribution in [1.29, 1.82) is 0 Å². The lowest BCUT2D eigenvalue weighted by Crippen LogP contribution is -2.30. The Morgan fingerprint density at radius 2 is 1.76 bits per heavy atom. The van der Waals surface area contributed by atoms with E-state index in [1.54, 1.807) is 16.7 Å². The number of hydrogen-bond donors (Lipinski definition) is 0. The fourth-order valence-corrected chi connectivity index (χ4v) is 5.77. The van der Waals surface area contributed by atoms with Crippen LogP contribution in [0.5, 0.6) is 0 Å². The zero-order valence-corrected chi connectivity index (χ0v) is 15.3.